The van der Waals surface area contributed by atoms with Crippen molar-refractivity contribution in [1.29, 1.82) is 0 Å². The maximum absolute atomic E-state index is 12.6. The molecule has 2 rings (SSSR count). The number of aliphatic carboxylic acids is 1. The number of hydrogen-bond acceptors (Lipinski definition) is 6. The summed E-state index contributed by atoms with van der Waals surface area (Å²) in [6.45, 7) is 5.91. The first-order valence-corrected chi connectivity index (χ1v) is 10.8. The van der Waals surface area contributed by atoms with Gasteiger partial charge in [-0.1, -0.05) is 0 Å². The Balaban J connectivity index is 2.05. The minimum atomic E-state index is -4.02. The zero-order valence-electron chi connectivity index (χ0n) is 17.0. The highest BCUT2D eigenvalue weighted by atomic mass is 32.2. The van der Waals surface area contributed by atoms with E-state index in [4.69, 9.17) is 9.47 Å². The second-order valence-corrected chi connectivity index (χ2v) is 9.63. The van der Waals surface area contributed by atoms with Gasteiger partial charge in [0.25, 0.3) is 0 Å². The summed E-state index contributed by atoms with van der Waals surface area (Å²) in [6, 6.07) is 4.40. The summed E-state index contributed by atoms with van der Waals surface area (Å²) in [5, 5.41) is 9.59. The zero-order chi connectivity index (χ0) is 21.8. The molecule has 2 N–H and O–H groups in total. The van der Waals surface area contributed by atoms with Gasteiger partial charge in [-0.15, -0.1) is 0 Å². The molecule has 1 aromatic carbocycles. The van der Waals surface area contributed by atoms with Crippen LogP contribution in [-0.4, -0.2) is 62.3 Å². The van der Waals surface area contributed by atoms with Crippen molar-refractivity contribution in [3.63, 3.8) is 0 Å². The van der Waals surface area contributed by atoms with E-state index in [0.29, 0.717) is 31.7 Å². The molecule has 0 bridgehead atoms. The Morgan fingerprint density at radius 1 is 1.17 bits per heavy atom. The molecule has 1 amide bonds. The Morgan fingerprint density at radius 2 is 1.72 bits per heavy atom. The van der Waals surface area contributed by atoms with Crippen LogP contribution in [-0.2, 0) is 19.6 Å². The van der Waals surface area contributed by atoms with Crippen molar-refractivity contribution in [1.82, 2.24) is 9.62 Å². The minimum Gasteiger partial charge on any atom is -0.497 e. The Morgan fingerprint density at radius 3 is 2.17 bits per heavy atom. The van der Waals surface area contributed by atoms with Crippen molar-refractivity contribution in [3.05, 3.63) is 24.3 Å². The molecule has 9 nitrogen and oxygen atoms in total. The number of nitrogens with one attached hydrogen (secondary N) is 1. The third-order valence-corrected chi connectivity index (χ3v) is 6.04. The van der Waals surface area contributed by atoms with Gasteiger partial charge in [0.1, 0.15) is 17.4 Å². The number of carboxylic acids is 1. The zero-order valence-corrected chi connectivity index (χ0v) is 17.9. The molecule has 1 saturated heterocycles. The van der Waals surface area contributed by atoms with E-state index >= 15 is 0 Å². The van der Waals surface area contributed by atoms with Gasteiger partial charge in [0, 0.05) is 13.1 Å². The van der Waals surface area contributed by atoms with Crippen LogP contribution in [0, 0.1) is 5.92 Å². The average molecular weight is 429 g/mol. The lowest BCUT2D eigenvalue weighted by Gasteiger charge is -2.35. The summed E-state index contributed by atoms with van der Waals surface area (Å²) >= 11 is 0. The fourth-order valence-electron chi connectivity index (χ4n) is 3.08. The highest BCUT2D eigenvalue weighted by molar-refractivity contribution is 7.89. The molecule has 0 aliphatic carbocycles. The molecule has 0 spiro atoms. The SMILES string of the molecule is COc1ccc(S(=O)(=O)NC(C(=O)O)C2CCN(C(=O)OC(C)(C)C)CC2)cc1. The minimum absolute atomic E-state index is 0.0456. The van der Waals surface area contributed by atoms with Crippen LogP contribution < -0.4 is 9.46 Å². The van der Waals surface area contributed by atoms with E-state index in [1.165, 1.54) is 36.3 Å². The highest BCUT2D eigenvalue weighted by Crippen LogP contribution is 2.24. The summed E-state index contributed by atoms with van der Waals surface area (Å²) in [4.78, 5) is 25.4. The average Bonchev–Trinajstić information content (AvgIpc) is 2.65. The van der Waals surface area contributed by atoms with Gasteiger partial charge in [0.05, 0.1) is 12.0 Å². The van der Waals surface area contributed by atoms with Gasteiger partial charge >= 0.3 is 12.1 Å². The number of carbonyl (C=O) groups is 2. The number of benzene rings is 1. The quantitative estimate of drug-likeness (QED) is 0.711. The third kappa shape index (κ3) is 6.33. The van der Waals surface area contributed by atoms with Crippen molar-refractivity contribution in [3.8, 4) is 5.75 Å². The number of piperidine rings is 1. The number of carbonyl (C=O) groups excluding carboxylic acids is 1. The predicted octanol–water partition coefficient (Wildman–Crippen LogP) is 2.07. The molecule has 1 aliphatic heterocycles. The predicted molar refractivity (Wildman–Crippen MR) is 105 cm³/mol. The Hall–Kier alpha value is -2.33. The molecule has 29 heavy (non-hydrogen) atoms. The second kappa shape index (κ2) is 9.00. The van der Waals surface area contributed by atoms with E-state index in [0.717, 1.165) is 0 Å². The first-order chi connectivity index (χ1) is 13.4. The number of rotatable bonds is 6. The molecule has 1 heterocycles. The van der Waals surface area contributed by atoms with Crippen molar-refractivity contribution >= 4 is 22.1 Å². The summed E-state index contributed by atoms with van der Waals surface area (Å²) in [6.07, 6.45) is 0.240. The molecule has 0 aromatic heterocycles. The lowest BCUT2D eigenvalue weighted by molar-refractivity contribution is -0.140. The largest absolute Gasteiger partial charge is 0.497 e. The van der Waals surface area contributed by atoms with Crippen molar-refractivity contribution in [2.45, 2.75) is 50.2 Å². The molecule has 0 saturated carbocycles. The van der Waals surface area contributed by atoms with E-state index in [1.807, 2.05) is 0 Å². The van der Waals surface area contributed by atoms with E-state index < -0.39 is 39.6 Å². The number of methoxy groups -OCH3 is 1. The van der Waals surface area contributed by atoms with E-state index in [-0.39, 0.29) is 4.90 Å². The van der Waals surface area contributed by atoms with Gasteiger partial charge in [0.15, 0.2) is 0 Å². The molecular weight excluding hydrogens is 400 g/mol. The van der Waals surface area contributed by atoms with Gasteiger partial charge in [-0.05, 0) is 63.8 Å². The Bertz CT molecular complexity index is 823. The Labute approximate surface area is 171 Å². The first-order valence-electron chi connectivity index (χ1n) is 9.30. The lowest BCUT2D eigenvalue weighted by Crippen LogP contribution is -2.50. The van der Waals surface area contributed by atoms with Crippen LogP contribution in [0.5, 0.6) is 5.75 Å². The fourth-order valence-corrected chi connectivity index (χ4v) is 4.34. The smallest absolute Gasteiger partial charge is 0.410 e. The number of ether oxygens (including phenoxy) is 2. The van der Waals surface area contributed by atoms with Gasteiger partial charge in [-0.2, -0.15) is 4.72 Å². The fraction of sp³-hybridized carbons (Fsp3) is 0.579. The van der Waals surface area contributed by atoms with Crippen LogP contribution in [0.3, 0.4) is 0 Å². The van der Waals surface area contributed by atoms with E-state index in [9.17, 15) is 23.1 Å². The van der Waals surface area contributed by atoms with Crippen molar-refractivity contribution in [2.75, 3.05) is 20.2 Å². The molecule has 162 valence electrons. The van der Waals surface area contributed by atoms with Crippen LogP contribution in [0.4, 0.5) is 4.79 Å². The van der Waals surface area contributed by atoms with Crippen molar-refractivity contribution < 1.29 is 32.6 Å². The van der Waals surface area contributed by atoms with E-state index in [2.05, 4.69) is 4.72 Å². The van der Waals surface area contributed by atoms with Gasteiger partial charge in [-0.3, -0.25) is 4.79 Å². The highest BCUT2D eigenvalue weighted by Gasteiger charge is 2.36. The molecule has 1 unspecified atom stereocenters. The maximum atomic E-state index is 12.6. The summed E-state index contributed by atoms with van der Waals surface area (Å²) < 4.78 is 37.9. The monoisotopic (exact) mass is 428 g/mol. The van der Waals surface area contributed by atoms with Gasteiger partial charge in [0.2, 0.25) is 10.0 Å². The van der Waals surface area contributed by atoms with E-state index in [1.54, 1.807) is 20.8 Å². The van der Waals surface area contributed by atoms with Gasteiger partial charge < -0.3 is 19.5 Å². The number of carboxylic acid groups (broad SMARTS) is 1. The number of likely N-dealkylation sites (tertiary alicyclic amines) is 1. The molecule has 1 atom stereocenters. The van der Waals surface area contributed by atoms with Crippen molar-refractivity contribution in [2.24, 2.45) is 5.92 Å². The molecule has 10 heteroatoms. The van der Waals surface area contributed by atoms with Crippen LogP contribution in [0.15, 0.2) is 29.2 Å². The standard InChI is InChI=1S/C19H28N2O7S/c1-19(2,3)28-18(24)21-11-9-13(10-12-21)16(17(22)23)20-29(25,26)15-7-5-14(27-4)6-8-15/h5-8,13,16,20H,9-12H2,1-4H3,(H,22,23). The van der Waals surface area contributed by atoms with Gasteiger partial charge in [-0.25, -0.2) is 13.2 Å². The first kappa shape index (κ1) is 23.0. The van der Waals surface area contributed by atoms with Crippen LogP contribution >= 0.6 is 0 Å². The lowest BCUT2D eigenvalue weighted by atomic mass is 9.90. The number of amides is 1. The maximum Gasteiger partial charge on any atom is 0.410 e. The number of hydrogen-bond donors (Lipinski definition) is 2. The summed E-state index contributed by atoms with van der Waals surface area (Å²) in [7, 11) is -2.56. The third-order valence-electron chi connectivity index (χ3n) is 4.58. The molecular formula is C19H28N2O7S. The molecule has 1 aromatic rings. The van der Waals surface area contributed by atoms with Crippen LogP contribution in [0.1, 0.15) is 33.6 Å². The van der Waals surface area contributed by atoms with Crippen LogP contribution in [0.2, 0.25) is 0 Å². The second-order valence-electron chi connectivity index (χ2n) is 7.92. The Kier molecular flexibility index (Phi) is 7.12. The topological polar surface area (TPSA) is 122 Å². The molecule has 0 radical (unpaired) electrons. The number of nitrogens with zero attached hydrogens (tertiary/aromatic N) is 1. The molecule has 1 aliphatic rings. The molecule has 1 fully saturated rings. The van der Waals surface area contributed by atoms with Crippen LogP contribution in [0.25, 0.3) is 0 Å². The normalized spacial score (nSPS) is 16.9. The number of sulfonamides is 1. The summed E-state index contributed by atoms with van der Waals surface area (Å²) in [5.41, 5.74) is -0.620. The summed E-state index contributed by atoms with van der Waals surface area (Å²) in [5.74, 6) is -1.20.